The molecule has 6 nitrogen and oxygen atoms in total. The van der Waals surface area contributed by atoms with Gasteiger partial charge in [0, 0.05) is 13.0 Å². The number of hydrogen-bond acceptors (Lipinski definition) is 4. The number of carbonyl (C=O) groups is 2. The summed E-state index contributed by atoms with van der Waals surface area (Å²) in [5, 5.41) is 12.3. The summed E-state index contributed by atoms with van der Waals surface area (Å²) in [6.07, 6.45) is -5.66. The van der Waals surface area contributed by atoms with Gasteiger partial charge in [-0.2, -0.15) is 57.1 Å². The molecule has 0 spiro atoms. The average molecular weight is 605 g/mol. The highest BCUT2D eigenvalue weighted by atomic mass is 19.4. The van der Waals surface area contributed by atoms with Gasteiger partial charge in [0.05, 0.1) is 26.6 Å². The second-order valence-electron chi connectivity index (χ2n) is 7.85. The minimum absolute atomic E-state index is 0.0937. The van der Waals surface area contributed by atoms with E-state index in [-0.39, 0.29) is 17.6 Å². The summed E-state index contributed by atoms with van der Waals surface area (Å²) in [5.74, 6) is -21.9. The molecule has 1 saturated heterocycles. The lowest BCUT2D eigenvalue weighted by molar-refractivity contribution is -0.884. The number of halogens is 16. The number of aliphatic carboxylic acids is 1. The van der Waals surface area contributed by atoms with Crippen molar-refractivity contribution in [2.75, 3.05) is 47.2 Å². The van der Waals surface area contributed by atoms with Crippen LogP contribution in [0.3, 0.4) is 0 Å². The Kier molecular flexibility index (Phi) is 12.7. The van der Waals surface area contributed by atoms with Crippen molar-refractivity contribution in [3.63, 3.8) is 0 Å². The first kappa shape index (κ1) is 37.9. The van der Waals surface area contributed by atoms with Crippen LogP contribution >= 0.6 is 0 Å². The van der Waals surface area contributed by atoms with Crippen molar-refractivity contribution < 1.29 is 89.4 Å². The summed E-state index contributed by atoms with van der Waals surface area (Å²) in [5.41, 5.74) is 0. The van der Waals surface area contributed by atoms with Crippen LogP contribution in [0, 0.1) is 0 Å². The smallest absolute Gasteiger partial charge is 0.416 e. The Morgan fingerprint density at radius 3 is 1.47 bits per heavy atom. The van der Waals surface area contributed by atoms with E-state index >= 15 is 0 Å². The standard InChI is InChI=1S/C8H15FN2O3.C6H2F11N.C2H2F4/c1-11(2,6-7(12)13)5-3-4-10-8(9)14;7-1-18-5(14,15)3(10,11)2(8,9)4(12,13)6(18,16)17;3-1-2(4,5)6/h3-6H2,1-2H3,(H-,10,12,13,14);1H2;1H2. The van der Waals surface area contributed by atoms with E-state index in [0.717, 1.165) is 0 Å². The molecule has 1 heterocycles. The van der Waals surface area contributed by atoms with Gasteiger partial charge < -0.3 is 19.7 Å². The lowest BCUT2D eigenvalue weighted by atomic mass is 9.94. The van der Waals surface area contributed by atoms with Crippen molar-refractivity contribution in [3.8, 4) is 0 Å². The molecule has 0 bridgehead atoms. The molecular formula is C16H19F16N3O3. The molecule has 228 valence electrons. The fourth-order valence-electron chi connectivity index (χ4n) is 2.36. The Balaban J connectivity index is 0. The highest BCUT2D eigenvalue weighted by Crippen LogP contribution is 2.64. The van der Waals surface area contributed by atoms with Crippen molar-refractivity contribution in [1.82, 2.24) is 10.2 Å². The highest BCUT2D eigenvalue weighted by Gasteiger charge is 2.95. The van der Waals surface area contributed by atoms with Crippen molar-refractivity contribution in [1.29, 1.82) is 0 Å². The van der Waals surface area contributed by atoms with E-state index in [2.05, 4.69) is 0 Å². The minimum atomic E-state index is -7.06. The second kappa shape index (κ2) is 12.7. The third kappa shape index (κ3) is 8.90. The number of rotatable bonds is 7. The van der Waals surface area contributed by atoms with Crippen LogP contribution in [0.5, 0.6) is 0 Å². The molecule has 1 aliphatic heterocycles. The maximum absolute atomic E-state index is 12.6. The number of carboxylic acid groups (broad SMARTS) is 1. The highest BCUT2D eigenvalue weighted by molar-refractivity contribution is 5.65. The first-order chi connectivity index (χ1) is 16.6. The van der Waals surface area contributed by atoms with Crippen LogP contribution in [0.1, 0.15) is 6.42 Å². The molecule has 1 fully saturated rings. The Bertz CT molecular complexity index is 758. The Morgan fingerprint density at radius 1 is 0.842 bits per heavy atom. The van der Waals surface area contributed by atoms with E-state index in [1.165, 1.54) is 0 Å². The molecule has 1 amide bonds. The van der Waals surface area contributed by atoms with Crippen molar-refractivity contribution in [2.45, 2.75) is 42.5 Å². The quantitative estimate of drug-likeness (QED) is 0.158. The largest absolute Gasteiger partial charge is 0.544 e. The molecule has 38 heavy (non-hydrogen) atoms. The van der Waals surface area contributed by atoms with Crippen molar-refractivity contribution in [2.24, 2.45) is 0 Å². The number of piperidine rings is 1. The van der Waals surface area contributed by atoms with Crippen molar-refractivity contribution in [3.05, 3.63) is 0 Å². The predicted molar refractivity (Wildman–Crippen MR) is 90.6 cm³/mol. The third-order valence-corrected chi connectivity index (χ3v) is 4.25. The molecule has 0 radical (unpaired) electrons. The molecule has 0 aromatic rings. The van der Waals surface area contributed by atoms with Gasteiger partial charge in [0.1, 0.15) is 6.54 Å². The molecule has 0 unspecified atom stereocenters. The summed E-state index contributed by atoms with van der Waals surface area (Å²) in [4.78, 5) is 17.6. The molecule has 0 saturated carbocycles. The Hall–Kier alpha value is -2.26. The van der Waals surface area contributed by atoms with E-state index < -0.39 is 66.5 Å². The number of likely N-dealkylation sites (tertiary alicyclic amines) is 1. The average Bonchev–Trinajstić information content (AvgIpc) is 2.69. The van der Waals surface area contributed by atoms with E-state index in [0.29, 0.717) is 13.0 Å². The van der Waals surface area contributed by atoms with E-state index in [1.807, 2.05) is 5.32 Å². The summed E-state index contributed by atoms with van der Waals surface area (Å²) >= 11 is 0. The Morgan fingerprint density at radius 2 is 1.21 bits per heavy atom. The number of carbonyl (C=O) groups excluding carboxylic acids is 2. The number of likely N-dealkylation sites (N-methyl/N-ethyl adjacent to an activating group) is 1. The molecule has 22 heteroatoms. The number of amides is 1. The number of nitrogens with zero attached hydrogens (tertiary/aromatic N) is 2. The molecule has 1 aliphatic rings. The van der Waals surface area contributed by atoms with Crippen LogP contribution in [0.4, 0.5) is 75.0 Å². The van der Waals surface area contributed by atoms with Gasteiger partial charge in [0.15, 0.2) is 13.5 Å². The first-order valence-electron chi connectivity index (χ1n) is 9.39. The topological polar surface area (TPSA) is 72.5 Å². The van der Waals surface area contributed by atoms with Gasteiger partial charge in [0.2, 0.25) is 0 Å². The normalized spacial score (nSPS) is 21.2. The maximum atomic E-state index is 12.6. The van der Waals surface area contributed by atoms with Crippen LogP contribution in [0.2, 0.25) is 0 Å². The Labute approximate surface area is 202 Å². The predicted octanol–water partition coefficient (Wildman–Crippen LogP) is 3.72. The van der Waals surface area contributed by atoms with Crippen molar-refractivity contribution >= 4 is 12.1 Å². The molecule has 1 N–H and O–H groups in total. The third-order valence-electron chi connectivity index (χ3n) is 4.25. The molecule has 0 aliphatic carbocycles. The zero-order valence-electron chi connectivity index (χ0n) is 18.9. The molecular weight excluding hydrogens is 586 g/mol. The zero-order valence-corrected chi connectivity index (χ0v) is 18.9. The van der Waals surface area contributed by atoms with E-state index in [4.69, 9.17) is 0 Å². The summed E-state index contributed by atoms with van der Waals surface area (Å²) < 4.78 is 191. The second-order valence-corrected chi connectivity index (χ2v) is 7.85. The molecule has 1 rings (SSSR count). The van der Waals surface area contributed by atoms with Gasteiger partial charge in [-0.1, -0.05) is 0 Å². The lowest BCUT2D eigenvalue weighted by Crippen LogP contribution is -2.81. The number of quaternary nitrogens is 1. The van der Waals surface area contributed by atoms with E-state index in [9.17, 15) is 84.9 Å². The SMILES string of the molecule is C[N+](C)(CCCNC(=O)F)CC(=O)[O-].FCC(F)(F)F.FCN1C(F)(F)C(F)(F)C(F)(F)C(F)(F)C1(F)F. The van der Waals surface area contributed by atoms with Crippen LogP contribution in [0.25, 0.3) is 0 Å². The van der Waals surface area contributed by atoms with Gasteiger partial charge in [-0.05, 0) is 0 Å². The summed E-state index contributed by atoms with van der Waals surface area (Å²) in [7, 11) is 3.46. The van der Waals surface area contributed by atoms with E-state index in [1.54, 1.807) is 14.1 Å². The molecule has 0 aromatic carbocycles. The van der Waals surface area contributed by atoms with Crippen LogP contribution in [-0.2, 0) is 4.79 Å². The summed E-state index contributed by atoms with van der Waals surface area (Å²) in [6, 6.07) is -13.0. The van der Waals surface area contributed by atoms with Crippen LogP contribution in [-0.4, -0.2) is 105 Å². The fraction of sp³-hybridized carbons (Fsp3) is 0.875. The fourth-order valence-corrected chi connectivity index (χ4v) is 2.36. The van der Waals surface area contributed by atoms with Gasteiger partial charge in [-0.25, -0.2) is 13.6 Å². The van der Waals surface area contributed by atoms with Crippen LogP contribution < -0.4 is 10.4 Å². The number of nitrogens with one attached hydrogen (secondary N) is 1. The number of carboxylic acids is 1. The first-order valence-corrected chi connectivity index (χ1v) is 9.39. The minimum Gasteiger partial charge on any atom is -0.544 e. The zero-order chi connectivity index (χ0) is 31.2. The van der Waals surface area contributed by atoms with Gasteiger partial charge in [-0.3, -0.25) is 0 Å². The lowest BCUT2D eigenvalue weighted by Gasteiger charge is -2.50. The van der Waals surface area contributed by atoms with Gasteiger partial charge in [-0.15, -0.1) is 9.29 Å². The maximum Gasteiger partial charge on any atom is 0.416 e. The number of alkyl halides is 15. The molecule has 0 atom stereocenters. The van der Waals surface area contributed by atoms with Gasteiger partial charge >= 0.3 is 42.2 Å². The van der Waals surface area contributed by atoms with Gasteiger partial charge in [0.25, 0.3) is 0 Å². The van der Waals surface area contributed by atoms with Crippen LogP contribution in [0.15, 0.2) is 0 Å². The summed E-state index contributed by atoms with van der Waals surface area (Å²) in [6.45, 7) is -4.75. The monoisotopic (exact) mass is 605 g/mol. The molecule has 0 aromatic heterocycles. The number of hydrogen-bond donors (Lipinski definition) is 1.